The molecule has 2 fully saturated rings. The molecule has 2 aliphatic rings. The van der Waals surface area contributed by atoms with Crippen molar-refractivity contribution in [1.29, 1.82) is 0 Å². The third-order valence-corrected chi connectivity index (χ3v) is 4.71. The molecule has 3 rings (SSSR count). The molecule has 2 saturated heterocycles. The quantitative estimate of drug-likeness (QED) is 0.827. The lowest BCUT2D eigenvalue weighted by molar-refractivity contribution is -0.103. The number of nitrogens with one attached hydrogen (secondary N) is 1. The Morgan fingerprint density at radius 1 is 1.41 bits per heavy atom. The normalized spacial score (nSPS) is 28.1. The molecule has 17 heavy (non-hydrogen) atoms. The molecule has 3 nitrogen and oxygen atoms in total. The maximum absolute atomic E-state index is 6.17. The lowest BCUT2D eigenvalue weighted by atomic mass is 9.83. The van der Waals surface area contributed by atoms with Gasteiger partial charge in [0.1, 0.15) is 0 Å². The largest absolute Gasteiger partial charge is 0.372 e. The predicted molar refractivity (Wildman–Crippen MR) is 70.2 cm³/mol. The topological polar surface area (TPSA) is 34.2 Å². The highest BCUT2D eigenvalue weighted by atomic mass is 32.2. The van der Waals surface area contributed by atoms with E-state index in [9.17, 15) is 0 Å². The number of rotatable bonds is 1. The zero-order valence-electron chi connectivity index (χ0n) is 9.89. The van der Waals surface area contributed by atoms with E-state index in [-0.39, 0.29) is 5.60 Å². The number of nitrogens with zero attached hydrogens (tertiary/aromatic N) is 1. The van der Waals surface area contributed by atoms with E-state index in [4.69, 9.17) is 4.74 Å². The Morgan fingerprint density at radius 3 is 3.06 bits per heavy atom. The van der Waals surface area contributed by atoms with Crippen LogP contribution in [0.25, 0.3) is 0 Å². The van der Waals surface area contributed by atoms with Gasteiger partial charge in [-0.2, -0.15) is 11.8 Å². The first-order chi connectivity index (χ1) is 8.41. The summed E-state index contributed by atoms with van der Waals surface area (Å²) in [6, 6.07) is 4.48. The van der Waals surface area contributed by atoms with E-state index in [0.717, 1.165) is 26.0 Å². The fraction of sp³-hybridized carbons (Fsp3) is 0.615. The number of morpholine rings is 1. The van der Waals surface area contributed by atoms with Gasteiger partial charge in [-0.25, -0.2) is 0 Å². The molecule has 0 amide bonds. The van der Waals surface area contributed by atoms with Crippen LogP contribution in [0.5, 0.6) is 0 Å². The van der Waals surface area contributed by atoms with E-state index in [2.05, 4.69) is 16.4 Å². The summed E-state index contributed by atoms with van der Waals surface area (Å²) in [6.07, 6.45) is 6.08. The Balaban J connectivity index is 1.89. The molecular weight excluding hydrogens is 232 g/mol. The van der Waals surface area contributed by atoms with E-state index in [1.54, 1.807) is 0 Å². The second-order valence-electron chi connectivity index (χ2n) is 4.70. The molecule has 1 unspecified atom stereocenters. The van der Waals surface area contributed by atoms with Gasteiger partial charge in [-0.15, -0.1) is 0 Å². The molecule has 4 heteroatoms. The van der Waals surface area contributed by atoms with Crippen molar-refractivity contribution in [2.45, 2.75) is 24.5 Å². The fourth-order valence-corrected chi connectivity index (χ4v) is 4.03. The molecule has 2 aliphatic heterocycles. The minimum absolute atomic E-state index is 0.00648. The SMILES string of the molecule is c1cncc(C2NCCOC23CCSCC3)c1. The Hall–Kier alpha value is -0.580. The van der Waals surface area contributed by atoms with E-state index in [0.29, 0.717) is 6.04 Å². The molecule has 0 aliphatic carbocycles. The van der Waals surface area contributed by atoms with Crippen molar-refractivity contribution in [2.75, 3.05) is 24.7 Å². The van der Waals surface area contributed by atoms with Crippen molar-refractivity contribution in [1.82, 2.24) is 10.3 Å². The molecule has 1 atom stereocenters. The van der Waals surface area contributed by atoms with Gasteiger partial charge in [0.15, 0.2) is 0 Å². The smallest absolute Gasteiger partial charge is 0.0893 e. The van der Waals surface area contributed by atoms with Crippen LogP contribution < -0.4 is 5.32 Å². The molecule has 92 valence electrons. The van der Waals surface area contributed by atoms with Gasteiger partial charge in [-0.1, -0.05) is 6.07 Å². The van der Waals surface area contributed by atoms with Gasteiger partial charge in [0.25, 0.3) is 0 Å². The fourth-order valence-electron chi connectivity index (χ4n) is 2.85. The molecule has 1 N–H and O–H groups in total. The first kappa shape index (κ1) is 11.5. The zero-order valence-corrected chi connectivity index (χ0v) is 10.7. The van der Waals surface area contributed by atoms with Crippen molar-refractivity contribution in [3.63, 3.8) is 0 Å². The van der Waals surface area contributed by atoms with Gasteiger partial charge in [-0.3, -0.25) is 4.98 Å². The van der Waals surface area contributed by atoms with E-state index in [1.165, 1.54) is 17.1 Å². The summed E-state index contributed by atoms with van der Waals surface area (Å²) in [6.45, 7) is 1.77. The number of hydrogen-bond acceptors (Lipinski definition) is 4. The Kier molecular flexibility index (Phi) is 3.36. The zero-order chi connectivity index (χ0) is 11.6. The summed E-state index contributed by atoms with van der Waals surface area (Å²) >= 11 is 2.04. The van der Waals surface area contributed by atoms with Crippen LogP contribution in [0.2, 0.25) is 0 Å². The molecule has 0 radical (unpaired) electrons. The number of pyridine rings is 1. The first-order valence-corrected chi connectivity index (χ1v) is 7.41. The standard InChI is InChI=1S/C13H18N2OS/c1-2-11(10-14-5-1)12-13(16-7-6-15-12)3-8-17-9-4-13/h1-2,5,10,12,15H,3-4,6-9H2. The van der Waals surface area contributed by atoms with E-state index >= 15 is 0 Å². The van der Waals surface area contributed by atoms with Gasteiger partial charge in [0.05, 0.1) is 18.2 Å². The van der Waals surface area contributed by atoms with Crippen molar-refractivity contribution < 1.29 is 4.74 Å². The molecule has 0 bridgehead atoms. The molecule has 3 heterocycles. The first-order valence-electron chi connectivity index (χ1n) is 6.26. The van der Waals surface area contributed by atoms with Crippen molar-refractivity contribution in [2.24, 2.45) is 0 Å². The summed E-state index contributed by atoms with van der Waals surface area (Å²) < 4.78 is 6.17. The lowest BCUT2D eigenvalue weighted by Gasteiger charge is -2.46. The van der Waals surface area contributed by atoms with Crippen LogP contribution in [0.15, 0.2) is 24.5 Å². The summed E-state index contributed by atoms with van der Waals surface area (Å²) in [4.78, 5) is 4.24. The van der Waals surface area contributed by atoms with E-state index in [1.807, 2.05) is 30.2 Å². The summed E-state index contributed by atoms with van der Waals surface area (Å²) in [5.74, 6) is 2.41. The Morgan fingerprint density at radius 2 is 2.29 bits per heavy atom. The third-order valence-electron chi connectivity index (χ3n) is 3.72. The highest BCUT2D eigenvalue weighted by molar-refractivity contribution is 7.99. The highest BCUT2D eigenvalue weighted by Crippen LogP contribution is 2.41. The Bertz CT molecular complexity index is 357. The minimum atomic E-state index is 0.00648. The van der Waals surface area contributed by atoms with Crippen LogP contribution >= 0.6 is 11.8 Å². The molecule has 1 spiro atoms. The Labute approximate surface area is 106 Å². The maximum atomic E-state index is 6.17. The van der Waals surface area contributed by atoms with Crippen LogP contribution in [-0.4, -0.2) is 35.2 Å². The lowest BCUT2D eigenvalue weighted by Crippen LogP contribution is -2.54. The number of ether oxygens (including phenoxy) is 1. The number of thioether (sulfide) groups is 1. The molecular formula is C13H18N2OS. The minimum Gasteiger partial charge on any atom is -0.372 e. The van der Waals surface area contributed by atoms with Crippen molar-refractivity contribution in [3.05, 3.63) is 30.1 Å². The maximum Gasteiger partial charge on any atom is 0.0893 e. The molecule has 0 aromatic carbocycles. The van der Waals surface area contributed by atoms with Crippen molar-refractivity contribution >= 4 is 11.8 Å². The van der Waals surface area contributed by atoms with Crippen LogP contribution in [0, 0.1) is 0 Å². The second kappa shape index (κ2) is 4.96. The average molecular weight is 250 g/mol. The summed E-state index contributed by atoms with van der Waals surface area (Å²) in [5.41, 5.74) is 1.27. The van der Waals surface area contributed by atoms with Gasteiger partial charge in [0, 0.05) is 18.9 Å². The molecule has 0 saturated carbocycles. The van der Waals surface area contributed by atoms with Crippen LogP contribution in [0.1, 0.15) is 24.4 Å². The van der Waals surface area contributed by atoms with Gasteiger partial charge in [-0.05, 0) is 36.0 Å². The average Bonchev–Trinajstić information content (AvgIpc) is 2.41. The van der Waals surface area contributed by atoms with Crippen LogP contribution in [-0.2, 0) is 4.74 Å². The van der Waals surface area contributed by atoms with Crippen LogP contribution in [0.4, 0.5) is 0 Å². The second-order valence-corrected chi connectivity index (χ2v) is 5.92. The number of hydrogen-bond donors (Lipinski definition) is 1. The van der Waals surface area contributed by atoms with E-state index < -0.39 is 0 Å². The highest BCUT2D eigenvalue weighted by Gasteiger charge is 2.43. The molecule has 1 aromatic heterocycles. The summed E-state index contributed by atoms with van der Waals surface area (Å²) in [7, 11) is 0. The van der Waals surface area contributed by atoms with Gasteiger partial charge < -0.3 is 10.1 Å². The molecule has 1 aromatic rings. The van der Waals surface area contributed by atoms with Crippen molar-refractivity contribution in [3.8, 4) is 0 Å². The van der Waals surface area contributed by atoms with Gasteiger partial charge in [0.2, 0.25) is 0 Å². The summed E-state index contributed by atoms with van der Waals surface area (Å²) in [5, 5.41) is 3.62. The predicted octanol–water partition coefficient (Wildman–Crippen LogP) is 2.01. The van der Waals surface area contributed by atoms with Gasteiger partial charge >= 0.3 is 0 Å². The number of aromatic nitrogens is 1. The van der Waals surface area contributed by atoms with Crippen LogP contribution in [0.3, 0.4) is 0 Å². The monoisotopic (exact) mass is 250 g/mol. The third kappa shape index (κ3) is 2.21.